The molecule has 0 aliphatic heterocycles. The molecule has 154 valence electrons. The van der Waals surface area contributed by atoms with Crippen LogP contribution in [0.4, 0.5) is 0 Å². The number of aliphatic hydroxyl groups excluding tert-OH is 1. The molecule has 0 radical (unpaired) electrons. The molecule has 0 spiro atoms. The Morgan fingerprint density at radius 2 is 1.23 bits per heavy atom. The maximum Gasteiger partial charge on any atom is 0.336 e. The first-order valence-electron chi connectivity index (χ1n) is 10.1. The zero-order valence-electron chi connectivity index (χ0n) is 16.3. The van der Waals surface area contributed by atoms with E-state index in [1.807, 2.05) is 0 Å². The predicted octanol–water partition coefficient (Wildman–Crippen LogP) is 2.99. The van der Waals surface area contributed by atoms with Gasteiger partial charge in [-0.3, -0.25) is 15.3 Å². The van der Waals surface area contributed by atoms with Gasteiger partial charge in [0.2, 0.25) is 5.54 Å². The van der Waals surface area contributed by atoms with Crippen molar-refractivity contribution in [1.82, 2.24) is 10.8 Å². The van der Waals surface area contributed by atoms with E-state index in [9.17, 15) is 14.7 Å². The Kier molecular flexibility index (Phi) is 15.3. The average molecular weight is 375 g/mol. The topological polar surface area (TPSA) is 119 Å². The largest absolute Gasteiger partial charge is 0.479 e. The number of hydroxylamine groups is 1. The lowest BCUT2D eigenvalue weighted by atomic mass is 9.99. The van der Waals surface area contributed by atoms with E-state index in [2.05, 4.69) is 12.2 Å². The van der Waals surface area contributed by atoms with Gasteiger partial charge in [0.1, 0.15) is 0 Å². The Morgan fingerprint density at radius 1 is 0.808 bits per heavy atom. The minimum atomic E-state index is -2.19. The molecule has 0 aliphatic rings. The maximum atomic E-state index is 11.5. The van der Waals surface area contributed by atoms with Crippen LogP contribution in [-0.4, -0.2) is 46.0 Å². The molecule has 0 unspecified atom stereocenters. The fourth-order valence-corrected chi connectivity index (χ4v) is 2.99. The Balaban J connectivity index is 3.63. The van der Waals surface area contributed by atoms with E-state index >= 15 is 0 Å². The lowest BCUT2D eigenvalue weighted by Gasteiger charge is -2.25. The molecule has 1 atom stereocenters. The number of unbranched alkanes of at least 4 members (excludes halogenated alkanes) is 12. The second-order valence-corrected chi connectivity index (χ2v) is 6.98. The van der Waals surface area contributed by atoms with Gasteiger partial charge in [0, 0.05) is 0 Å². The molecule has 0 heterocycles. The van der Waals surface area contributed by atoms with E-state index in [-0.39, 0.29) is 6.54 Å². The number of rotatable bonds is 18. The van der Waals surface area contributed by atoms with E-state index in [1.165, 1.54) is 63.3 Å². The minimum absolute atomic E-state index is 0.290. The van der Waals surface area contributed by atoms with Crippen LogP contribution in [0.3, 0.4) is 0 Å². The van der Waals surface area contributed by atoms with Crippen LogP contribution in [0.15, 0.2) is 0 Å². The predicted molar refractivity (Wildman–Crippen MR) is 101 cm³/mol. The first kappa shape index (κ1) is 24.8. The summed E-state index contributed by atoms with van der Waals surface area (Å²) in [6.45, 7) is 1.60. The summed E-state index contributed by atoms with van der Waals surface area (Å²) in [4.78, 5) is 22.7. The molecule has 0 rings (SSSR count). The van der Waals surface area contributed by atoms with Crippen molar-refractivity contribution in [3.63, 3.8) is 0 Å². The van der Waals surface area contributed by atoms with Gasteiger partial charge in [-0.1, -0.05) is 84.0 Å². The zero-order valence-corrected chi connectivity index (χ0v) is 16.3. The van der Waals surface area contributed by atoms with Crippen LogP contribution in [0.2, 0.25) is 0 Å². The van der Waals surface area contributed by atoms with E-state index < -0.39 is 24.0 Å². The summed E-state index contributed by atoms with van der Waals surface area (Å²) in [7, 11) is 0. The molecule has 0 saturated heterocycles. The average Bonchev–Trinajstić information content (AvgIpc) is 2.64. The van der Waals surface area contributed by atoms with Crippen molar-refractivity contribution < 1.29 is 25.0 Å². The van der Waals surface area contributed by atoms with Crippen LogP contribution < -0.4 is 10.8 Å². The van der Waals surface area contributed by atoms with Crippen molar-refractivity contribution in [1.29, 1.82) is 0 Å². The number of carbonyl (C=O) groups excluding carboxylic acids is 1. The van der Waals surface area contributed by atoms with Crippen molar-refractivity contribution in [2.24, 2.45) is 0 Å². The molecule has 1 amide bonds. The number of hydrogen-bond acceptors (Lipinski definition) is 5. The SMILES string of the molecule is CCCCCCCCCCCCCCCN[C@@](CO)(C(=O)O)C(=O)NO. The standard InChI is InChI=1S/C19H38N2O5/c1-2-3-4-5-6-7-8-9-10-11-12-13-14-15-20-19(16-22,18(24)25)17(23)21-26/h20,22,26H,2-16H2,1H3,(H,21,23)(H,24,25)/t19-/m1/s1. The van der Waals surface area contributed by atoms with Gasteiger partial charge in [0.25, 0.3) is 5.91 Å². The molecule has 7 heteroatoms. The summed E-state index contributed by atoms with van der Waals surface area (Å²) in [5.41, 5.74) is -0.893. The monoisotopic (exact) mass is 374 g/mol. The maximum absolute atomic E-state index is 11.5. The van der Waals surface area contributed by atoms with Gasteiger partial charge in [-0.2, -0.15) is 0 Å². The number of nitrogens with one attached hydrogen (secondary N) is 2. The summed E-state index contributed by atoms with van der Waals surface area (Å²) in [6, 6.07) is 0. The molecule has 5 N–H and O–H groups in total. The lowest BCUT2D eigenvalue weighted by Crippen LogP contribution is -2.64. The van der Waals surface area contributed by atoms with E-state index in [0.29, 0.717) is 6.42 Å². The molecule has 0 bridgehead atoms. The van der Waals surface area contributed by atoms with Crippen LogP contribution in [-0.2, 0) is 9.59 Å². The Bertz CT molecular complexity index is 379. The number of aliphatic hydroxyl groups is 1. The summed E-state index contributed by atoms with van der Waals surface area (Å²) < 4.78 is 0. The summed E-state index contributed by atoms with van der Waals surface area (Å²) in [5.74, 6) is -2.68. The number of aliphatic carboxylic acids is 1. The molecular weight excluding hydrogens is 336 g/mol. The van der Waals surface area contributed by atoms with Crippen LogP contribution in [0, 0.1) is 0 Å². The van der Waals surface area contributed by atoms with Gasteiger partial charge in [0.05, 0.1) is 6.61 Å². The van der Waals surface area contributed by atoms with Crippen molar-refractivity contribution in [2.45, 2.75) is 95.9 Å². The van der Waals surface area contributed by atoms with Gasteiger partial charge in [0.15, 0.2) is 0 Å². The Hall–Kier alpha value is -1.18. The van der Waals surface area contributed by atoms with E-state index in [4.69, 9.17) is 10.3 Å². The first-order valence-corrected chi connectivity index (χ1v) is 10.1. The van der Waals surface area contributed by atoms with Gasteiger partial charge in [-0.05, 0) is 13.0 Å². The third kappa shape index (κ3) is 10.1. The smallest absolute Gasteiger partial charge is 0.336 e. The zero-order chi connectivity index (χ0) is 19.7. The van der Waals surface area contributed by atoms with Crippen molar-refractivity contribution in [3.05, 3.63) is 0 Å². The molecule has 7 nitrogen and oxygen atoms in total. The molecule has 0 aliphatic carbocycles. The second kappa shape index (κ2) is 16.0. The third-order valence-corrected chi connectivity index (χ3v) is 4.80. The molecular formula is C19H38N2O5. The number of amides is 1. The Morgan fingerprint density at radius 3 is 1.58 bits per heavy atom. The van der Waals surface area contributed by atoms with Gasteiger partial charge in [-0.15, -0.1) is 0 Å². The normalized spacial score (nSPS) is 13.3. The molecule has 26 heavy (non-hydrogen) atoms. The minimum Gasteiger partial charge on any atom is -0.479 e. The quantitative estimate of drug-likeness (QED) is 0.109. The summed E-state index contributed by atoms with van der Waals surface area (Å²) in [6.07, 6.45) is 15.7. The van der Waals surface area contributed by atoms with Crippen molar-refractivity contribution in [2.75, 3.05) is 13.2 Å². The second-order valence-electron chi connectivity index (χ2n) is 6.98. The van der Waals surface area contributed by atoms with Crippen LogP contribution in [0.25, 0.3) is 0 Å². The van der Waals surface area contributed by atoms with Crippen molar-refractivity contribution >= 4 is 11.9 Å². The van der Waals surface area contributed by atoms with Crippen LogP contribution in [0.1, 0.15) is 90.4 Å². The highest BCUT2D eigenvalue weighted by Crippen LogP contribution is 2.12. The van der Waals surface area contributed by atoms with Crippen LogP contribution >= 0.6 is 0 Å². The highest BCUT2D eigenvalue weighted by molar-refractivity contribution is 6.06. The fraction of sp³-hybridized carbons (Fsp3) is 0.895. The Labute approximate surface area is 157 Å². The number of carbonyl (C=O) groups is 2. The molecule has 0 fully saturated rings. The van der Waals surface area contributed by atoms with Gasteiger partial charge >= 0.3 is 5.97 Å². The highest BCUT2D eigenvalue weighted by Gasteiger charge is 2.45. The molecule has 0 aromatic heterocycles. The number of carboxylic acids is 1. The van der Waals surface area contributed by atoms with Gasteiger partial charge < -0.3 is 10.2 Å². The lowest BCUT2D eigenvalue weighted by molar-refractivity contribution is -0.156. The van der Waals surface area contributed by atoms with Crippen LogP contribution in [0.5, 0.6) is 0 Å². The molecule has 0 saturated carbocycles. The third-order valence-electron chi connectivity index (χ3n) is 4.80. The van der Waals surface area contributed by atoms with E-state index in [0.717, 1.165) is 19.3 Å². The first-order chi connectivity index (χ1) is 12.5. The number of hydrogen-bond donors (Lipinski definition) is 5. The summed E-state index contributed by atoms with van der Waals surface area (Å²) >= 11 is 0. The summed E-state index contributed by atoms with van der Waals surface area (Å²) in [5, 5.41) is 29.6. The van der Waals surface area contributed by atoms with E-state index in [1.54, 1.807) is 0 Å². The fourth-order valence-electron chi connectivity index (χ4n) is 2.99. The molecule has 0 aromatic carbocycles. The number of carboxylic acid groups (broad SMARTS) is 1. The van der Waals surface area contributed by atoms with Gasteiger partial charge in [-0.25, -0.2) is 10.3 Å². The molecule has 0 aromatic rings. The van der Waals surface area contributed by atoms with Crippen molar-refractivity contribution in [3.8, 4) is 0 Å². The highest BCUT2D eigenvalue weighted by atomic mass is 16.5.